The third-order valence-electron chi connectivity index (χ3n) is 2.61. The van der Waals surface area contributed by atoms with Crippen molar-refractivity contribution in [2.45, 2.75) is 51.4 Å². The molecule has 0 aromatic carbocycles. The van der Waals surface area contributed by atoms with Crippen LogP contribution in [-0.2, 0) is 9.53 Å². The van der Waals surface area contributed by atoms with Crippen LogP contribution in [0.3, 0.4) is 0 Å². The Labute approximate surface area is 85.5 Å². The average molecular weight is 197 g/mol. The summed E-state index contributed by atoms with van der Waals surface area (Å²) >= 11 is 0. The molecule has 1 aliphatic heterocycles. The lowest BCUT2D eigenvalue weighted by atomic mass is 9.90. The SMILES string of the molecule is C=CCC1NC(=O)C(C)(C)OC1(C)C. The molecule has 1 saturated heterocycles. The van der Waals surface area contributed by atoms with Gasteiger partial charge in [-0.2, -0.15) is 0 Å². The second-order valence-corrected chi connectivity index (χ2v) is 4.77. The van der Waals surface area contributed by atoms with E-state index in [0.29, 0.717) is 0 Å². The Hall–Kier alpha value is -0.830. The van der Waals surface area contributed by atoms with Gasteiger partial charge in [-0.3, -0.25) is 4.79 Å². The maximum atomic E-state index is 11.6. The minimum Gasteiger partial charge on any atom is -0.358 e. The zero-order valence-corrected chi connectivity index (χ0v) is 9.39. The van der Waals surface area contributed by atoms with Crippen LogP contribution in [0.5, 0.6) is 0 Å². The number of rotatable bonds is 2. The summed E-state index contributed by atoms with van der Waals surface area (Å²) in [5.74, 6) is -0.0522. The highest BCUT2D eigenvalue weighted by atomic mass is 16.5. The second kappa shape index (κ2) is 3.39. The van der Waals surface area contributed by atoms with Crippen molar-refractivity contribution in [3.05, 3.63) is 12.7 Å². The first-order chi connectivity index (χ1) is 6.29. The summed E-state index contributed by atoms with van der Waals surface area (Å²) in [6, 6.07) is 0.0144. The van der Waals surface area contributed by atoms with Crippen LogP contribution >= 0.6 is 0 Å². The van der Waals surface area contributed by atoms with E-state index in [4.69, 9.17) is 4.74 Å². The summed E-state index contributed by atoms with van der Waals surface area (Å²) in [5, 5.41) is 2.96. The number of amides is 1. The topological polar surface area (TPSA) is 38.3 Å². The maximum Gasteiger partial charge on any atom is 0.252 e. The molecule has 1 rings (SSSR count). The monoisotopic (exact) mass is 197 g/mol. The smallest absolute Gasteiger partial charge is 0.252 e. The Kier molecular flexibility index (Phi) is 2.72. The van der Waals surface area contributed by atoms with E-state index in [0.717, 1.165) is 6.42 Å². The minimum absolute atomic E-state index is 0.0144. The van der Waals surface area contributed by atoms with Crippen LogP contribution in [0.1, 0.15) is 34.1 Å². The van der Waals surface area contributed by atoms with Gasteiger partial charge >= 0.3 is 0 Å². The maximum absolute atomic E-state index is 11.6. The largest absolute Gasteiger partial charge is 0.358 e. The normalized spacial score (nSPS) is 29.4. The molecular formula is C11H19NO2. The summed E-state index contributed by atoms with van der Waals surface area (Å²) in [6.45, 7) is 11.2. The Morgan fingerprint density at radius 3 is 2.57 bits per heavy atom. The van der Waals surface area contributed by atoms with E-state index >= 15 is 0 Å². The fourth-order valence-electron chi connectivity index (χ4n) is 1.79. The average Bonchev–Trinajstić information content (AvgIpc) is 1.99. The molecule has 80 valence electrons. The number of carbonyl (C=O) groups is 1. The summed E-state index contributed by atoms with van der Waals surface area (Å²) in [7, 11) is 0. The van der Waals surface area contributed by atoms with Gasteiger partial charge in [0.15, 0.2) is 0 Å². The molecule has 1 amide bonds. The molecule has 1 heterocycles. The van der Waals surface area contributed by atoms with Crippen LogP contribution in [0, 0.1) is 0 Å². The Morgan fingerprint density at radius 2 is 2.07 bits per heavy atom. The predicted molar refractivity (Wildman–Crippen MR) is 56.0 cm³/mol. The van der Waals surface area contributed by atoms with Crippen molar-refractivity contribution >= 4 is 5.91 Å². The molecule has 14 heavy (non-hydrogen) atoms. The summed E-state index contributed by atoms with van der Waals surface area (Å²) in [6.07, 6.45) is 2.53. The van der Waals surface area contributed by atoms with E-state index < -0.39 is 5.60 Å². The van der Waals surface area contributed by atoms with Crippen LogP contribution < -0.4 is 5.32 Å². The Morgan fingerprint density at radius 1 is 1.50 bits per heavy atom. The van der Waals surface area contributed by atoms with Gasteiger partial charge in [0.1, 0.15) is 5.60 Å². The molecule has 1 aliphatic rings. The van der Waals surface area contributed by atoms with Crippen molar-refractivity contribution in [1.29, 1.82) is 0 Å². The molecule has 0 bridgehead atoms. The molecule has 1 N–H and O–H groups in total. The molecule has 0 spiro atoms. The number of carbonyl (C=O) groups excluding carboxylic acids is 1. The quantitative estimate of drug-likeness (QED) is 0.683. The number of morpholine rings is 1. The van der Waals surface area contributed by atoms with E-state index in [2.05, 4.69) is 11.9 Å². The van der Waals surface area contributed by atoms with Crippen molar-refractivity contribution in [1.82, 2.24) is 5.32 Å². The van der Waals surface area contributed by atoms with Crippen LogP contribution in [0.2, 0.25) is 0 Å². The highest BCUT2D eigenvalue weighted by Crippen LogP contribution is 2.29. The fourth-order valence-corrected chi connectivity index (χ4v) is 1.79. The van der Waals surface area contributed by atoms with Gasteiger partial charge < -0.3 is 10.1 Å². The predicted octanol–water partition coefficient (Wildman–Crippen LogP) is 1.63. The van der Waals surface area contributed by atoms with E-state index in [1.165, 1.54) is 0 Å². The first-order valence-corrected chi connectivity index (χ1v) is 4.91. The zero-order valence-electron chi connectivity index (χ0n) is 9.39. The minimum atomic E-state index is -0.735. The van der Waals surface area contributed by atoms with Crippen LogP contribution in [0.15, 0.2) is 12.7 Å². The third-order valence-corrected chi connectivity index (χ3v) is 2.61. The summed E-state index contributed by atoms with van der Waals surface area (Å²) < 4.78 is 5.78. The Bertz CT molecular complexity index is 256. The van der Waals surface area contributed by atoms with Crippen molar-refractivity contribution in [3.8, 4) is 0 Å². The lowest BCUT2D eigenvalue weighted by Crippen LogP contribution is -2.64. The van der Waals surface area contributed by atoms with Gasteiger partial charge in [0.2, 0.25) is 0 Å². The first kappa shape index (κ1) is 11.2. The van der Waals surface area contributed by atoms with E-state index in [-0.39, 0.29) is 17.6 Å². The lowest BCUT2D eigenvalue weighted by Gasteiger charge is -2.46. The number of hydrogen-bond donors (Lipinski definition) is 1. The van der Waals surface area contributed by atoms with Gasteiger partial charge in [0.05, 0.1) is 11.6 Å². The lowest BCUT2D eigenvalue weighted by molar-refractivity contribution is -0.186. The van der Waals surface area contributed by atoms with Gasteiger partial charge in [0.25, 0.3) is 5.91 Å². The van der Waals surface area contributed by atoms with Crippen molar-refractivity contribution in [2.24, 2.45) is 0 Å². The molecule has 1 unspecified atom stereocenters. The number of hydrogen-bond acceptors (Lipinski definition) is 2. The molecule has 0 aromatic rings. The van der Waals surface area contributed by atoms with E-state index in [1.807, 2.05) is 13.8 Å². The highest BCUT2D eigenvalue weighted by Gasteiger charge is 2.45. The van der Waals surface area contributed by atoms with Crippen molar-refractivity contribution in [2.75, 3.05) is 0 Å². The van der Waals surface area contributed by atoms with Crippen molar-refractivity contribution < 1.29 is 9.53 Å². The van der Waals surface area contributed by atoms with Gasteiger partial charge in [-0.05, 0) is 34.1 Å². The van der Waals surface area contributed by atoms with Crippen LogP contribution in [-0.4, -0.2) is 23.2 Å². The Balaban J connectivity index is 2.84. The number of nitrogens with one attached hydrogen (secondary N) is 1. The molecule has 0 aliphatic carbocycles. The standard InChI is InChI=1S/C11H19NO2/c1-6-7-8-10(2,3)14-11(4,5)9(13)12-8/h6,8H,1,7H2,2-5H3,(H,12,13). The van der Waals surface area contributed by atoms with Gasteiger partial charge in [-0.25, -0.2) is 0 Å². The third kappa shape index (κ3) is 1.98. The number of ether oxygens (including phenoxy) is 1. The molecule has 3 heteroatoms. The van der Waals surface area contributed by atoms with Gasteiger partial charge in [-0.15, -0.1) is 6.58 Å². The molecular weight excluding hydrogens is 178 g/mol. The highest BCUT2D eigenvalue weighted by molar-refractivity contribution is 5.85. The van der Waals surface area contributed by atoms with E-state index in [1.54, 1.807) is 19.9 Å². The molecule has 1 fully saturated rings. The molecule has 0 radical (unpaired) electrons. The molecule has 0 saturated carbocycles. The van der Waals surface area contributed by atoms with E-state index in [9.17, 15) is 4.79 Å². The van der Waals surface area contributed by atoms with Gasteiger partial charge in [-0.1, -0.05) is 6.08 Å². The first-order valence-electron chi connectivity index (χ1n) is 4.91. The fraction of sp³-hybridized carbons (Fsp3) is 0.727. The van der Waals surface area contributed by atoms with Gasteiger partial charge in [0, 0.05) is 0 Å². The summed E-state index contributed by atoms with van der Waals surface area (Å²) in [4.78, 5) is 11.6. The summed E-state index contributed by atoms with van der Waals surface area (Å²) in [5.41, 5.74) is -1.08. The molecule has 1 atom stereocenters. The van der Waals surface area contributed by atoms with Crippen molar-refractivity contribution in [3.63, 3.8) is 0 Å². The zero-order chi connectivity index (χ0) is 11.0. The molecule has 0 aromatic heterocycles. The molecule has 3 nitrogen and oxygen atoms in total. The van der Waals surface area contributed by atoms with Crippen LogP contribution in [0.25, 0.3) is 0 Å². The second-order valence-electron chi connectivity index (χ2n) is 4.77. The van der Waals surface area contributed by atoms with Crippen LogP contribution in [0.4, 0.5) is 0 Å².